The van der Waals surface area contributed by atoms with E-state index in [2.05, 4.69) is 24.1 Å². The second-order valence-electron chi connectivity index (χ2n) is 5.75. The number of piperidine rings is 1. The monoisotopic (exact) mass is 255 g/mol. The molecule has 0 aromatic rings. The molecular formula is C14H29N3O. The van der Waals surface area contributed by atoms with Gasteiger partial charge in [0.1, 0.15) is 0 Å². The van der Waals surface area contributed by atoms with E-state index in [4.69, 9.17) is 5.73 Å². The molecule has 1 heterocycles. The largest absolute Gasteiger partial charge is 0.353 e. The topological polar surface area (TPSA) is 58.4 Å². The Kier molecular flexibility index (Phi) is 6.65. The minimum atomic E-state index is -0.365. The van der Waals surface area contributed by atoms with Crippen molar-refractivity contribution < 1.29 is 4.79 Å². The molecule has 1 aliphatic heterocycles. The maximum Gasteiger partial charge on any atom is 0.237 e. The quantitative estimate of drug-likeness (QED) is 0.750. The molecule has 0 saturated carbocycles. The highest BCUT2D eigenvalue weighted by Crippen LogP contribution is 2.14. The van der Waals surface area contributed by atoms with Gasteiger partial charge in [0.15, 0.2) is 0 Å². The number of carbonyl (C=O) groups is 1. The van der Waals surface area contributed by atoms with E-state index in [1.807, 2.05) is 6.92 Å². The van der Waals surface area contributed by atoms with Crippen LogP contribution in [0.15, 0.2) is 0 Å². The van der Waals surface area contributed by atoms with Crippen LogP contribution in [0.1, 0.15) is 40.0 Å². The summed E-state index contributed by atoms with van der Waals surface area (Å²) in [6, 6.07) is -0.365. The van der Waals surface area contributed by atoms with Crippen molar-refractivity contribution in [3.05, 3.63) is 0 Å². The van der Waals surface area contributed by atoms with E-state index in [1.165, 1.54) is 12.8 Å². The maximum atomic E-state index is 11.8. The number of likely N-dealkylation sites (tertiary alicyclic amines) is 1. The highest BCUT2D eigenvalue weighted by atomic mass is 16.2. The summed E-state index contributed by atoms with van der Waals surface area (Å²) in [7, 11) is 0. The molecule has 18 heavy (non-hydrogen) atoms. The molecule has 0 aromatic heterocycles. The van der Waals surface area contributed by atoms with Gasteiger partial charge in [-0.15, -0.1) is 0 Å². The Morgan fingerprint density at radius 2 is 2.28 bits per heavy atom. The van der Waals surface area contributed by atoms with Gasteiger partial charge in [-0.25, -0.2) is 0 Å². The second-order valence-corrected chi connectivity index (χ2v) is 5.75. The van der Waals surface area contributed by atoms with Crippen molar-refractivity contribution in [1.29, 1.82) is 0 Å². The van der Waals surface area contributed by atoms with Crippen LogP contribution < -0.4 is 11.1 Å². The third-order valence-electron chi connectivity index (χ3n) is 4.03. The summed E-state index contributed by atoms with van der Waals surface area (Å²) in [4.78, 5) is 14.2. The van der Waals surface area contributed by atoms with Gasteiger partial charge < -0.3 is 16.0 Å². The van der Waals surface area contributed by atoms with Crippen molar-refractivity contribution in [3.63, 3.8) is 0 Å². The number of nitrogens with one attached hydrogen (secondary N) is 1. The average molecular weight is 255 g/mol. The van der Waals surface area contributed by atoms with Crippen LogP contribution >= 0.6 is 0 Å². The van der Waals surface area contributed by atoms with Gasteiger partial charge >= 0.3 is 0 Å². The summed E-state index contributed by atoms with van der Waals surface area (Å²) in [5, 5.41) is 2.95. The number of carbonyl (C=O) groups excluding carboxylic acids is 1. The molecule has 3 unspecified atom stereocenters. The summed E-state index contributed by atoms with van der Waals surface area (Å²) in [5.74, 6) is 1.03. The molecule has 4 nitrogen and oxygen atoms in total. The highest BCUT2D eigenvalue weighted by Gasteiger charge is 2.20. The second kappa shape index (κ2) is 7.74. The molecule has 0 aromatic carbocycles. The maximum absolute atomic E-state index is 11.8. The van der Waals surface area contributed by atoms with E-state index >= 15 is 0 Å². The van der Waals surface area contributed by atoms with Crippen molar-refractivity contribution in [3.8, 4) is 0 Å². The molecular weight excluding hydrogens is 226 g/mol. The lowest BCUT2D eigenvalue weighted by molar-refractivity contribution is -0.123. The highest BCUT2D eigenvalue weighted by molar-refractivity contribution is 5.81. The van der Waals surface area contributed by atoms with Crippen LogP contribution in [0.25, 0.3) is 0 Å². The van der Waals surface area contributed by atoms with E-state index in [9.17, 15) is 4.79 Å². The molecule has 0 spiro atoms. The standard InChI is InChI=1S/C14H29N3O/c1-4-12(3)13(15)14(18)16-7-9-17-8-5-6-11(2)10-17/h11-13H,4-10,15H2,1-3H3,(H,16,18). The van der Waals surface area contributed by atoms with Crippen LogP contribution in [-0.4, -0.2) is 43.0 Å². The van der Waals surface area contributed by atoms with E-state index in [1.54, 1.807) is 0 Å². The summed E-state index contributed by atoms with van der Waals surface area (Å²) >= 11 is 0. The molecule has 1 saturated heterocycles. The van der Waals surface area contributed by atoms with E-state index in [-0.39, 0.29) is 17.9 Å². The normalized spacial score (nSPS) is 24.6. The fourth-order valence-electron chi connectivity index (χ4n) is 2.46. The number of nitrogens with zero attached hydrogens (tertiary/aromatic N) is 1. The minimum Gasteiger partial charge on any atom is -0.353 e. The summed E-state index contributed by atoms with van der Waals surface area (Å²) in [6.45, 7) is 10.4. The van der Waals surface area contributed by atoms with Crippen molar-refractivity contribution in [2.24, 2.45) is 17.6 Å². The molecule has 1 amide bonds. The number of hydrogen-bond acceptors (Lipinski definition) is 3. The molecule has 4 heteroatoms. The fourth-order valence-corrected chi connectivity index (χ4v) is 2.46. The van der Waals surface area contributed by atoms with E-state index in [0.29, 0.717) is 0 Å². The Labute approximate surface area is 111 Å². The Bertz CT molecular complexity index is 257. The first-order valence-corrected chi connectivity index (χ1v) is 7.30. The predicted octanol–water partition coefficient (Wildman–Crippen LogP) is 1.21. The Morgan fingerprint density at radius 1 is 1.56 bits per heavy atom. The van der Waals surface area contributed by atoms with Gasteiger partial charge in [-0.2, -0.15) is 0 Å². The molecule has 0 radical (unpaired) electrons. The molecule has 1 fully saturated rings. The molecule has 1 rings (SSSR count). The van der Waals surface area contributed by atoms with Gasteiger partial charge in [-0.05, 0) is 31.2 Å². The van der Waals surface area contributed by atoms with Crippen molar-refractivity contribution in [1.82, 2.24) is 10.2 Å². The number of amides is 1. The SMILES string of the molecule is CCC(C)C(N)C(=O)NCCN1CCCC(C)C1. The number of nitrogens with two attached hydrogens (primary N) is 1. The third kappa shape index (κ3) is 4.94. The first-order chi connectivity index (χ1) is 8.54. The fraction of sp³-hybridized carbons (Fsp3) is 0.929. The van der Waals surface area contributed by atoms with E-state index < -0.39 is 0 Å². The van der Waals surface area contributed by atoms with Gasteiger partial charge in [-0.3, -0.25) is 4.79 Å². The first-order valence-electron chi connectivity index (χ1n) is 7.30. The lowest BCUT2D eigenvalue weighted by atomic mass is 9.99. The van der Waals surface area contributed by atoms with Crippen molar-refractivity contribution >= 4 is 5.91 Å². The average Bonchev–Trinajstić information content (AvgIpc) is 2.36. The zero-order valence-electron chi connectivity index (χ0n) is 12.1. The van der Waals surface area contributed by atoms with Crippen LogP contribution in [0, 0.1) is 11.8 Å². The van der Waals surface area contributed by atoms with Crippen LogP contribution in [0.3, 0.4) is 0 Å². The Balaban J connectivity index is 2.18. The van der Waals surface area contributed by atoms with Crippen molar-refractivity contribution in [2.45, 2.75) is 46.1 Å². The summed E-state index contributed by atoms with van der Waals surface area (Å²) in [5.41, 5.74) is 5.89. The molecule has 106 valence electrons. The Hall–Kier alpha value is -0.610. The van der Waals surface area contributed by atoms with Gasteiger partial charge in [-0.1, -0.05) is 27.2 Å². The van der Waals surface area contributed by atoms with Crippen LogP contribution in [-0.2, 0) is 4.79 Å². The van der Waals surface area contributed by atoms with Crippen LogP contribution in [0.4, 0.5) is 0 Å². The first kappa shape index (κ1) is 15.4. The summed E-state index contributed by atoms with van der Waals surface area (Å²) in [6.07, 6.45) is 3.56. The van der Waals surface area contributed by atoms with Gasteiger partial charge in [0, 0.05) is 19.6 Å². The van der Waals surface area contributed by atoms with Crippen LogP contribution in [0.5, 0.6) is 0 Å². The lowest BCUT2D eigenvalue weighted by Gasteiger charge is -2.31. The van der Waals surface area contributed by atoms with Gasteiger partial charge in [0.05, 0.1) is 6.04 Å². The Morgan fingerprint density at radius 3 is 2.89 bits per heavy atom. The molecule has 3 atom stereocenters. The van der Waals surface area contributed by atoms with Gasteiger partial charge in [0.2, 0.25) is 5.91 Å². The molecule has 3 N–H and O–H groups in total. The lowest BCUT2D eigenvalue weighted by Crippen LogP contribution is -2.47. The number of hydrogen-bond donors (Lipinski definition) is 2. The third-order valence-corrected chi connectivity index (χ3v) is 4.03. The number of rotatable bonds is 6. The smallest absolute Gasteiger partial charge is 0.237 e. The zero-order valence-corrected chi connectivity index (χ0v) is 12.1. The predicted molar refractivity (Wildman–Crippen MR) is 75.3 cm³/mol. The molecule has 0 bridgehead atoms. The molecule has 1 aliphatic rings. The van der Waals surface area contributed by atoms with Crippen molar-refractivity contribution in [2.75, 3.05) is 26.2 Å². The summed E-state index contributed by atoms with van der Waals surface area (Å²) < 4.78 is 0. The van der Waals surface area contributed by atoms with Gasteiger partial charge in [0.25, 0.3) is 0 Å². The van der Waals surface area contributed by atoms with E-state index in [0.717, 1.165) is 38.5 Å². The molecule has 0 aliphatic carbocycles. The minimum absolute atomic E-state index is 0.00518. The van der Waals surface area contributed by atoms with Crippen LogP contribution in [0.2, 0.25) is 0 Å². The zero-order chi connectivity index (χ0) is 13.5.